The topological polar surface area (TPSA) is 9.23 Å². The van der Waals surface area contributed by atoms with Crippen molar-refractivity contribution in [3.63, 3.8) is 0 Å². The van der Waals surface area contributed by atoms with Gasteiger partial charge < -0.3 is 4.74 Å². The summed E-state index contributed by atoms with van der Waals surface area (Å²) in [6.07, 6.45) is -0.489. The third-order valence-electron chi connectivity index (χ3n) is 9.34. The number of hydrogen-bond donors (Lipinski definition) is 0. The zero-order valence-corrected chi connectivity index (χ0v) is 26.7. The van der Waals surface area contributed by atoms with Crippen LogP contribution in [0, 0.1) is 0 Å². The van der Waals surface area contributed by atoms with Gasteiger partial charge in [-0.2, -0.15) is 0 Å². The van der Waals surface area contributed by atoms with Gasteiger partial charge in [-0.15, -0.1) is 0 Å². The molecule has 0 aromatic heterocycles. The van der Waals surface area contributed by atoms with Gasteiger partial charge in [-0.1, -0.05) is 198 Å². The highest BCUT2D eigenvalue weighted by atomic mass is 16.5. The maximum absolute atomic E-state index is 7.22. The van der Waals surface area contributed by atoms with Crippen LogP contribution in [0.2, 0.25) is 0 Å². The summed E-state index contributed by atoms with van der Waals surface area (Å²) in [4.78, 5) is 0. The van der Waals surface area contributed by atoms with Crippen molar-refractivity contribution < 1.29 is 4.74 Å². The molecule has 0 aliphatic rings. The van der Waals surface area contributed by atoms with E-state index in [1.54, 1.807) is 0 Å². The minimum absolute atomic E-state index is 0.106. The van der Waals surface area contributed by atoms with Crippen LogP contribution in [0.15, 0.2) is 170 Å². The van der Waals surface area contributed by atoms with Gasteiger partial charge in [-0.3, -0.25) is 0 Å². The zero-order valence-electron chi connectivity index (χ0n) is 26.7. The summed E-state index contributed by atoms with van der Waals surface area (Å²) in [6, 6.07) is 60.6. The Morgan fingerprint density at radius 1 is 0.311 bits per heavy atom. The van der Waals surface area contributed by atoms with Crippen LogP contribution in [-0.2, 0) is 15.6 Å². The van der Waals surface area contributed by atoms with Gasteiger partial charge in [-0.05, 0) is 44.5 Å². The summed E-state index contributed by atoms with van der Waals surface area (Å²) in [6.45, 7) is 9.15. The van der Waals surface area contributed by atoms with Crippen LogP contribution >= 0.6 is 0 Å². The van der Waals surface area contributed by atoms with E-state index < -0.39 is 0 Å². The first-order valence-corrected chi connectivity index (χ1v) is 15.9. The van der Waals surface area contributed by atoms with E-state index in [1.807, 2.05) is 0 Å². The molecule has 0 spiro atoms. The third-order valence-corrected chi connectivity index (χ3v) is 9.34. The summed E-state index contributed by atoms with van der Waals surface area (Å²) < 4.78 is 7.22. The van der Waals surface area contributed by atoms with E-state index in [-0.39, 0.29) is 23.0 Å². The normalized spacial score (nSPS) is 13.2. The molecule has 6 aromatic rings. The van der Waals surface area contributed by atoms with Crippen LogP contribution in [0.4, 0.5) is 0 Å². The van der Waals surface area contributed by atoms with Crippen LogP contribution in [0.25, 0.3) is 0 Å². The predicted octanol–water partition coefficient (Wildman–Crippen LogP) is 11.2. The summed E-state index contributed by atoms with van der Waals surface area (Å²) in [5.74, 6) is 0. The van der Waals surface area contributed by atoms with E-state index in [9.17, 15) is 0 Å². The molecule has 1 heteroatoms. The van der Waals surface area contributed by atoms with E-state index in [0.29, 0.717) is 0 Å². The van der Waals surface area contributed by atoms with Crippen LogP contribution in [0.3, 0.4) is 0 Å². The average molecular weight is 587 g/mol. The first-order chi connectivity index (χ1) is 21.8. The van der Waals surface area contributed by atoms with Crippen molar-refractivity contribution in [2.45, 2.75) is 50.7 Å². The quantitative estimate of drug-likeness (QED) is 0.155. The lowest BCUT2D eigenvalue weighted by Crippen LogP contribution is -2.19. The van der Waals surface area contributed by atoms with Crippen molar-refractivity contribution in [2.75, 3.05) is 0 Å². The Bertz CT molecular complexity index is 1630. The van der Waals surface area contributed by atoms with Gasteiger partial charge in [0.2, 0.25) is 0 Å². The molecule has 0 N–H and O–H groups in total. The number of rotatable bonds is 10. The maximum Gasteiger partial charge on any atom is 0.109 e. The molecule has 2 unspecified atom stereocenters. The molecule has 0 aliphatic heterocycles. The van der Waals surface area contributed by atoms with Gasteiger partial charge in [0, 0.05) is 10.8 Å². The zero-order chi connectivity index (χ0) is 31.3. The highest BCUT2D eigenvalue weighted by molar-refractivity contribution is 5.43. The largest absolute Gasteiger partial charge is 0.356 e. The second-order valence-corrected chi connectivity index (χ2v) is 12.9. The van der Waals surface area contributed by atoms with Crippen LogP contribution in [0.5, 0.6) is 0 Å². The Balaban J connectivity index is 1.36. The van der Waals surface area contributed by atoms with Crippen molar-refractivity contribution in [1.82, 2.24) is 0 Å². The Kier molecular flexibility index (Phi) is 8.83. The molecular weight excluding hydrogens is 544 g/mol. The summed E-state index contributed by atoms with van der Waals surface area (Å²) in [5, 5.41) is 0. The Morgan fingerprint density at radius 2 is 0.556 bits per heavy atom. The molecular formula is C44H42O. The standard InChI is InChI=1S/C44H42O/c1-43(2,37-21-13-7-14-22-37)39-29-25-35(26-30-39)41(33-17-9-5-10-18-33)45-42(34-19-11-6-12-20-34)36-27-31-40(32-28-36)44(3,4)38-23-15-8-16-24-38/h5-32,41-42H,1-4H3. The molecule has 0 heterocycles. The Labute approximate surface area is 269 Å². The second-order valence-electron chi connectivity index (χ2n) is 12.9. The van der Waals surface area contributed by atoms with E-state index in [4.69, 9.17) is 4.74 Å². The van der Waals surface area contributed by atoms with Crippen molar-refractivity contribution >= 4 is 0 Å². The second kappa shape index (κ2) is 13.1. The smallest absolute Gasteiger partial charge is 0.109 e. The van der Waals surface area contributed by atoms with Crippen molar-refractivity contribution in [3.8, 4) is 0 Å². The molecule has 0 aliphatic carbocycles. The van der Waals surface area contributed by atoms with Crippen molar-refractivity contribution in [2.24, 2.45) is 0 Å². The summed E-state index contributed by atoms with van der Waals surface area (Å²) >= 11 is 0. The van der Waals surface area contributed by atoms with Crippen LogP contribution in [-0.4, -0.2) is 0 Å². The molecule has 1 nitrogen and oxygen atoms in total. The molecule has 0 saturated heterocycles. The first kappa shape index (κ1) is 30.3. The monoisotopic (exact) mass is 586 g/mol. The molecule has 0 saturated carbocycles. The van der Waals surface area contributed by atoms with Gasteiger partial charge in [0.05, 0.1) is 0 Å². The van der Waals surface area contributed by atoms with E-state index in [2.05, 4.69) is 198 Å². The van der Waals surface area contributed by atoms with Crippen LogP contribution in [0.1, 0.15) is 84.4 Å². The fourth-order valence-electron chi connectivity index (χ4n) is 6.28. The fourth-order valence-corrected chi connectivity index (χ4v) is 6.28. The molecule has 45 heavy (non-hydrogen) atoms. The van der Waals surface area contributed by atoms with Gasteiger partial charge in [0.1, 0.15) is 12.2 Å². The SMILES string of the molecule is CC(C)(c1ccccc1)c1ccc(C(OC(c2ccccc2)c2ccc(C(C)(C)c3ccccc3)cc2)c2ccccc2)cc1. The highest BCUT2D eigenvalue weighted by Crippen LogP contribution is 2.39. The Hall–Kier alpha value is -4.72. The highest BCUT2D eigenvalue weighted by Gasteiger charge is 2.27. The molecule has 0 bridgehead atoms. The average Bonchev–Trinajstić information content (AvgIpc) is 3.10. The molecule has 0 radical (unpaired) electrons. The van der Waals surface area contributed by atoms with Crippen molar-refractivity contribution in [1.29, 1.82) is 0 Å². The minimum atomic E-state index is -0.245. The van der Waals surface area contributed by atoms with Gasteiger partial charge >= 0.3 is 0 Å². The number of hydrogen-bond acceptors (Lipinski definition) is 1. The lowest BCUT2D eigenvalue weighted by Gasteiger charge is -2.30. The number of benzene rings is 6. The lowest BCUT2D eigenvalue weighted by molar-refractivity contribution is 0.0308. The minimum Gasteiger partial charge on any atom is -0.356 e. The van der Waals surface area contributed by atoms with Gasteiger partial charge in [-0.25, -0.2) is 0 Å². The molecule has 0 amide bonds. The maximum atomic E-state index is 7.22. The van der Waals surface area contributed by atoms with Crippen LogP contribution < -0.4 is 0 Å². The molecule has 6 aromatic carbocycles. The first-order valence-electron chi connectivity index (χ1n) is 15.9. The van der Waals surface area contributed by atoms with E-state index >= 15 is 0 Å². The van der Waals surface area contributed by atoms with Gasteiger partial charge in [0.15, 0.2) is 0 Å². The summed E-state index contributed by atoms with van der Waals surface area (Å²) in [7, 11) is 0. The number of ether oxygens (including phenoxy) is 1. The molecule has 2 atom stereocenters. The van der Waals surface area contributed by atoms with Crippen molar-refractivity contribution in [3.05, 3.63) is 214 Å². The van der Waals surface area contributed by atoms with E-state index in [1.165, 1.54) is 22.3 Å². The van der Waals surface area contributed by atoms with Gasteiger partial charge in [0.25, 0.3) is 0 Å². The summed E-state index contributed by atoms with van der Waals surface area (Å²) in [5.41, 5.74) is 9.49. The molecule has 0 fully saturated rings. The molecule has 224 valence electrons. The third kappa shape index (κ3) is 6.55. The fraction of sp³-hybridized carbons (Fsp3) is 0.182. The lowest BCUT2D eigenvalue weighted by atomic mass is 9.77. The Morgan fingerprint density at radius 3 is 0.867 bits per heavy atom. The van der Waals surface area contributed by atoms with E-state index in [0.717, 1.165) is 22.3 Å². The predicted molar refractivity (Wildman–Crippen MR) is 188 cm³/mol. The molecule has 6 rings (SSSR count).